The van der Waals surface area contributed by atoms with Crippen LogP contribution in [0.4, 0.5) is 35.2 Å². The van der Waals surface area contributed by atoms with Gasteiger partial charge in [-0.2, -0.15) is 19.9 Å². The summed E-state index contributed by atoms with van der Waals surface area (Å²) in [6, 6.07) is 9.01. The van der Waals surface area contributed by atoms with Crippen molar-refractivity contribution in [1.29, 1.82) is 0 Å². The summed E-state index contributed by atoms with van der Waals surface area (Å²) in [6.07, 6.45) is 4.56. The Labute approximate surface area is 866 Å². The molecule has 8 aromatic heterocycles. The minimum Gasteiger partial charge on any atom is -0.497 e. The van der Waals surface area contributed by atoms with Crippen LogP contribution in [-0.4, -0.2) is 203 Å². The summed E-state index contributed by atoms with van der Waals surface area (Å²) in [5, 5.41) is 76.7. The number of nitro groups is 2. The summed E-state index contributed by atoms with van der Waals surface area (Å²) in [5.74, 6) is 2.20. The Kier molecular flexibility index (Phi) is 36.2. The maximum Gasteiger partial charge on any atom is 0.275 e. The zero-order valence-corrected chi connectivity index (χ0v) is 95.7. The minimum atomic E-state index is -1.96. The van der Waals surface area contributed by atoms with Crippen LogP contribution < -0.4 is 36.5 Å². The summed E-state index contributed by atoms with van der Waals surface area (Å²) < 4.78 is 68.9. The minimum absolute atomic E-state index is 0.00546. The van der Waals surface area contributed by atoms with Crippen molar-refractivity contribution in [1.82, 2.24) is 58.1 Å². The zero-order valence-electron chi connectivity index (χ0n) is 88.7. The molecule has 14 rings (SSSR count). The quantitative estimate of drug-likeness (QED) is 0.00657. The van der Waals surface area contributed by atoms with E-state index in [1.165, 1.54) is 38.5 Å². The maximum atomic E-state index is 12.9. The summed E-state index contributed by atoms with van der Waals surface area (Å²) in [4.78, 5) is 77.0. The fourth-order valence-corrected chi connectivity index (χ4v) is 23.0. The molecular weight excluding hydrogens is 2000 g/mol. The standard InChI is InChI=1S/C25H44Cl2N4O2Si2.C25H45ClN4O3Si2.C24H30ClN5O7.C24H31N5O8/c1-12-17-18(33-35(10,11)25(5,6)7)13-19(32-17)31-15-16(14-26)20-21(27)28-23(29-22(20)31)30-34(8,9)24(2,3)4;1-12-17-18(33-35(10,11)25(5,6)7)13-19(32-17)30-14-16(15-31)20-21(26)27-23(28-22(20)30)29-34(8,9)24(2,3)4;1-24(2,3)20(14-7-13(35-4)5-6-15(14)30(33)34)36-11-12-9-29(18-8-16(32)17(10-31)37-18)22-19(12)21(25)27-23(26)28-22;1-24(2,3)20(14-7-13(35-4)5-6-15(14)29(33)34)36-11-12-9-28(18-8-16(31)17(10-30)37-18)21-19(12)22(32)27-23(25)26-21/h15,17-19H,12-14H2,1-11H3,(H,28,29,30);14,17-19,31H,12-13,15H2,1-11H3,(H,27,28,29);5-7,9,16-18,20,31-32H,8,10-11H2,1-4H3,(H2,26,27,28);5-7,9,16-18,20,30-31H,8,10-11H2,1-4H3,(H3,25,26,27,32)/t2*17-,18?,19-;2*16?,17-,18-,20?/m1111/s1. The Morgan fingerprint density at radius 2 is 0.833 bits per heavy atom. The van der Waals surface area contributed by atoms with Gasteiger partial charge in [0.05, 0.1) is 139 Å². The lowest BCUT2D eigenvalue weighted by Crippen LogP contribution is -2.46. The van der Waals surface area contributed by atoms with Crippen molar-refractivity contribution in [2.75, 3.05) is 48.9 Å². The van der Waals surface area contributed by atoms with E-state index in [2.05, 4.69) is 194 Å². The molecule has 12 N–H and O–H groups in total. The number of aromatic amines is 1. The summed E-state index contributed by atoms with van der Waals surface area (Å²) in [7, 11) is -4.75. The summed E-state index contributed by atoms with van der Waals surface area (Å²) in [6.45, 7) is 60.1. The molecule has 10 aromatic rings. The number of benzene rings is 2. The molecule has 14 atom stereocenters. The van der Waals surface area contributed by atoms with Crippen molar-refractivity contribution < 1.29 is 82.1 Å². The molecule has 2 aromatic carbocycles. The molecule has 0 aliphatic carbocycles. The number of halogens is 4. The second-order valence-electron chi connectivity index (χ2n) is 45.9. The van der Waals surface area contributed by atoms with Gasteiger partial charge in [-0.05, 0) is 99.8 Å². The van der Waals surface area contributed by atoms with E-state index >= 15 is 0 Å². The van der Waals surface area contributed by atoms with E-state index < -0.39 is 108 Å². The number of anilines is 4. The third-order valence-corrected chi connectivity index (χ3v) is 48.6. The normalized spacial score (nSPS) is 21.5. The second-order valence-corrected chi connectivity index (χ2v) is 66.8. The Bertz CT molecular complexity index is 6110. The third-order valence-electron chi connectivity index (χ3n) is 29.3. The molecule has 6 unspecified atom stereocenters. The highest BCUT2D eigenvalue weighted by Gasteiger charge is 2.50. The SMILES string of the molecule is CC[C@H]1O[C@@H](n2cc(CCl)c3c(Cl)nc(N[Si](C)(C)C(C)(C)C)nc32)CC1O[Si](C)(C)C(C)(C)C.CC[C@H]1O[C@@H](n2cc(CO)c3c(Cl)nc(N[Si](C)(C)C(C)(C)C)nc32)CC1O[Si](C)(C)C(C)(C)C.COc1ccc([N+](=O)[O-])c(C(OCc2cn([C@H]3CC(O)[C@@H](CO)O3)c3nc(N)[nH]c(=O)c23)C(C)(C)C)c1.COc1ccc([N+](=O)[O-])c(C(OCc2cn([C@H]3CC(O)[C@@H](CO)O3)c3nc(N)nc(Cl)c23)C(C)(C)C)c1. The smallest absolute Gasteiger partial charge is 0.275 e. The van der Waals surface area contributed by atoms with E-state index in [0.29, 0.717) is 89.5 Å². The maximum absolute atomic E-state index is 12.9. The predicted octanol–water partition coefficient (Wildman–Crippen LogP) is 21.1. The molecule has 796 valence electrons. The number of ether oxygens (including phenoxy) is 8. The van der Waals surface area contributed by atoms with Crippen molar-refractivity contribution in [2.45, 2.75) is 361 Å². The largest absolute Gasteiger partial charge is 0.497 e. The molecular formula is C98H150Cl4N18O20Si4. The molecule has 0 bridgehead atoms. The van der Waals surface area contributed by atoms with Crippen LogP contribution in [0.5, 0.6) is 11.5 Å². The monoisotopic (exact) mass is 2150 g/mol. The molecule has 4 fully saturated rings. The number of nitrogen functional groups attached to an aromatic ring is 2. The second kappa shape index (κ2) is 44.9. The number of fused-ring (bicyclic) bond motifs is 4. The van der Waals surface area contributed by atoms with E-state index in [1.807, 2.05) is 58.5 Å². The van der Waals surface area contributed by atoms with Crippen LogP contribution in [0.1, 0.15) is 247 Å². The number of aromatic nitrogens is 12. The fourth-order valence-electron chi connectivity index (χ4n) is 17.1. The Morgan fingerprint density at radius 1 is 0.493 bits per heavy atom. The molecule has 38 nitrogen and oxygen atoms in total. The van der Waals surface area contributed by atoms with Gasteiger partial charge < -0.3 is 112 Å². The number of alkyl halides is 1. The number of nitrogens with zero attached hydrogens (tertiary/aromatic N) is 13. The van der Waals surface area contributed by atoms with Crippen LogP contribution in [0, 0.1) is 31.1 Å². The first-order chi connectivity index (χ1) is 66.7. The number of hydrogen-bond donors (Lipinski definition) is 10. The highest BCUT2D eigenvalue weighted by Crippen LogP contribution is 2.51. The highest BCUT2D eigenvalue weighted by molar-refractivity contribution is 6.83. The Hall–Kier alpha value is -8.17. The van der Waals surface area contributed by atoms with E-state index in [9.17, 15) is 50.6 Å². The molecule has 46 heteroatoms. The molecule has 4 aliphatic heterocycles. The molecule has 0 spiro atoms. The molecule has 0 amide bonds. The van der Waals surface area contributed by atoms with Crippen LogP contribution in [0.15, 0.2) is 66.0 Å². The first kappa shape index (κ1) is 116. The van der Waals surface area contributed by atoms with Crippen LogP contribution >= 0.6 is 46.4 Å². The number of nitrogens with one attached hydrogen (secondary N) is 3. The molecule has 4 aliphatic rings. The average molecular weight is 2150 g/mol. The van der Waals surface area contributed by atoms with Gasteiger partial charge in [-0.1, -0.05) is 199 Å². The predicted molar refractivity (Wildman–Crippen MR) is 572 cm³/mol. The van der Waals surface area contributed by atoms with Crippen LogP contribution in [0.2, 0.25) is 88.0 Å². The number of rotatable bonds is 30. The Morgan fingerprint density at radius 3 is 1.17 bits per heavy atom. The van der Waals surface area contributed by atoms with Crippen molar-refractivity contribution in [3.05, 3.63) is 141 Å². The highest BCUT2D eigenvalue weighted by atomic mass is 35.5. The Balaban J connectivity index is 0.000000183. The molecule has 0 saturated carbocycles. The van der Waals surface area contributed by atoms with Crippen molar-refractivity contribution >= 4 is 159 Å². The molecule has 0 radical (unpaired) electrons. The lowest BCUT2D eigenvalue weighted by atomic mass is 9.83. The van der Waals surface area contributed by atoms with E-state index in [4.69, 9.17) is 115 Å². The first-order valence-electron chi connectivity index (χ1n) is 48.7. The van der Waals surface area contributed by atoms with Crippen molar-refractivity contribution in [2.24, 2.45) is 10.8 Å². The van der Waals surface area contributed by atoms with E-state index in [-0.39, 0.29) is 142 Å². The zero-order chi connectivity index (χ0) is 107. The molecule has 12 heterocycles. The number of methoxy groups -OCH3 is 2. The summed E-state index contributed by atoms with van der Waals surface area (Å²) >= 11 is 26.2. The van der Waals surface area contributed by atoms with Gasteiger partial charge in [0, 0.05) is 85.2 Å². The van der Waals surface area contributed by atoms with Gasteiger partial charge in [-0.25, -0.2) is 15.0 Å². The first-order valence-corrected chi connectivity index (χ1v) is 62.2. The van der Waals surface area contributed by atoms with Crippen LogP contribution in [-0.2, 0) is 63.0 Å². The number of nitrogens with two attached hydrogens (primary N) is 2. The van der Waals surface area contributed by atoms with Gasteiger partial charge in [0.1, 0.15) is 81.0 Å². The van der Waals surface area contributed by atoms with Gasteiger partial charge in [-0.15, -0.1) is 11.6 Å². The summed E-state index contributed by atoms with van der Waals surface area (Å²) in [5.41, 5.74) is 15.3. The van der Waals surface area contributed by atoms with Gasteiger partial charge in [-0.3, -0.25) is 30.0 Å². The van der Waals surface area contributed by atoms with Gasteiger partial charge >= 0.3 is 0 Å². The number of H-pyrrole nitrogens is 1. The van der Waals surface area contributed by atoms with Gasteiger partial charge in [0.15, 0.2) is 38.8 Å². The average Bonchev–Trinajstić information content (AvgIpc) is 1.60. The lowest BCUT2D eigenvalue weighted by Gasteiger charge is -2.39. The fraction of sp³-hybridized carbons (Fsp3) is 0.633. The van der Waals surface area contributed by atoms with E-state index in [0.717, 1.165) is 42.3 Å². The number of nitro benzene ring substituents is 2. The third kappa shape index (κ3) is 25.6. The van der Waals surface area contributed by atoms with Crippen LogP contribution in [0.25, 0.3) is 44.1 Å². The number of aliphatic hydroxyl groups excluding tert-OH is 5. The molecule has 144 heavy (non-hydrogen) atoms. The topological polar surface area (TPSA) is 499 Å². The van der Waals surface area contributed by atoms with Gasteiger partial charge in [0.25, 0.3) is 16.9 Å². The van der Waals surface area contributed by atoms with Gasteiger partial charge in [0.2, 0.25) is 23.8 Å². The van der Waals surface area contributed by atoms with Crippen LogP contribution in [0.3, 0.4) is 0 Å². The van der Waals surface area contributed by atoms with Crippen molar-refractivity contribution in [3.63, 3.8) is 0 Å². The van der Waals surface area contributed by atoms with Crippen molar-refractivity contribution in [3.8, 4) is 11.5 Å². The number of aliphatic hydroxyl groups is 5. The molecule has 4 saturated heterocycles. The number of hydrogen-bond acceptors (Lipinski definition) is 31. The van der Waals surface area contributed by atoms with E-state index in [1.54, 1.807) is 33.7 Å². The lowest BCUT2D eigenvalue weighted by molar-refractivity contribution is -0.386.